The van der Waals surface area contributed by atoms with Gasteiger partial charge in [0.05, 0.1) is 12.1 Å². The molecule has 5 nitrogen and oxygen atoms in total. The van der Waals surface area contributed by atoms with Gasteiger partial charge in [0.2, 0.25) is 11.9 Å². The van der Waals surface area contributed by atoms with Crippen LogP contribution in [0.1, 0.15) is 55.0 Å². The molecule has 3 N–H and O–H groups in total. The first-order valence-corrected chi connectivity index (χ1v) is 9.64. The van der Waals surface area contributed by atoms with Gasteiger partial charge in [-0.3, -0.25) is 0 Å². The van der Waals surface area contributed by atoms with E-state index in [1.807, 2.05) is 4.68 Å². The number of anilines is 2. The predicted octanol–water partition coefficient (Wildman–Crippen LogP) is 4.89. The van der Waals surface area contributed by atoms with E-state index in [-0.39, 0.29) is 12.1 Å². The van der Waals surface area contributed by atoms with Crippen molar-refractivity contribution in [3.8, 4) is 0 Å². The molecule has 0 bridgehead atoms. The van der Waals surface area contributed by atoms with E-state index in [0.717, 1.165) is 16.8 Å². The first-order chi connectivity index (χ1) is 12.5. The number of nitrogens with two attached hydrogens (primary N) is 1. The third-order valence-corrected chi connectivity index (χ3v) is 5.49. The number of benzene rings is 2. The Bertz CT molecular complexity index is 899. The van der Waals surface area contributed by atoms with E-state index in [2.05, 4.69) is 93.7 Å². The van der Waals surface area contributed by atoms with Gasteiger partial charge in [-0.2, -0.15) is 4.98 Å². The fourth-order valence-corrected chi connectivity index (χ4v) is 3.75. The van der Waals surface area contributed by atoms with Gasteiger partial charge in [0.25, 0.3) is 0 Å². The second kappa shape index (κ2) is 6.76. The summed E-state index contributed by atoms with van der Waals surface area (Å²) < 4.78 is 2.99. The first-order valence-electron chi connectivity index (χ1n) is 8.85. The van der Waals surface area contributed by atoms with Gasteiger partial charge in [-0.05, 0) is 41.2 Å². The zero-order valence-electron chi connectivity index (χ0n) is 14.9. The van der Waals surface area contributed by atoms with Gasteiger partial charge in [-0.25, -0.2) is 4.68 Å². The molecular formula is C20H22BrN5. The monoisotopic (exact) mass is 411 g/mol. The van der Waals surface area contributed by atoms with Crippen LogP contribution in [0.3, 0.4) is 0 Å². The van der Waals surface area contributed by atoms with E-state index in [4.69, 9.17) is 5.73 Å². The van der Waals surface area contributed by atoms with E-state index in [0.29, 0.717) is 11.9 Å². The number of fused-ring (bicyclic) bond motifs is 1. The molecule has 0 aliphatic carbocycles. The summed E-state index contributed by atoms with van der Waals surface area (Å²) in [6.45, 7) is 4.42. The number of hydrogen-bond acceptors (Lipinski definition) is 4. The topological polar surface area (TPSA) is 68.8 Å². The van der Waals surface area contributed by atoms with Crippen molar-refractivity contribution in [1.82, 2.24) is 14.8 Å². The maximum Gasteiger partial charge on any atom is 0.241 e. The van der Waals surface area contributed by atoms with Crippen LogP contribution in [0.2, 0.25) is 0 Å². The van der Waals surface area contributed by atoms with Crippen LogP contribution >= 0.6 is 15.9 Å². The van der Waals surface area contributed by atoms with Crippen molar-refractivity contribution in [2.24, 2.45) is 0 Å². The van der Waals surface area contributed by atoms with Crippen molar-refractivity contribution in [2.45, 2.75) is 38.3 Å². The van der Waals surface area contributed by atoms with Crippen LogP contribution in [0.15, 0.2) is 53.0 Å². The van der Waals surface area contributed by atoms with Gasteiger partial charge in [0.15, 0.2) is 0 Å². The van der Waals surface area contributed by atoms with Crippen LogP contribution in [0.25, 0.3) is 0 Å². The fourth-order valence-electron chi connectivity index (χ4n) is 3.49. The maximum atomic E-state index is 5.88. The number of nitrogens with zero attached hydrogens (tertiary/aromatic N) is 3. The highest BCUT2D eigenvalue weighted by Gasteiger charge is 2.30. The largest absolute Gasteiger partial charge is 0.366 e. The summed E-state index contributed by atoms with van der Waals surface area (Å²) in [5.41, 5.74) is 9.67. The Hall–Kier alpha value is -2.34. The fraction of sp³-hybridized carbons (Fsp3) is 0.300. The second-order valence-electron chi connectivity index (χ2n) is 7.06. The molecule has 0 fully saturated rings. The number of nitrogen functional groups attached to an aromatic ring is 1. The lowest BCUT2D eigenvalue weighted by Crippen LogP contribution is -2.28. The molecule has 2 aromatic carbocycles. The molecule has 2 heterocycles. The molecule has 0 saturated heterocycles. The van der Waals surface area contributed by atoms with Gasteiger partial charge in [0, 0.05) is 4.47 Å². The van der Waals surface area contributed by atoms with Crippen molar-refractivity contribution in [3.05, 3.63) is 69.7 Å². The maximum absolute atomic E-state index is 5.88. The molecule has 1 aromatic heterocycles. The highest BCUT2D eigenvalue weighted by molar-refractivity contribution is 9.10. The Morgan fingerprint density at radius 2 is 1.73 bits per heavy atom. The van der Waals surface area contributed by atoms with Crippen molar-refractivity contribution >= 4 is 27.8 Å². The second-order valence-corrected chi connectivity index (χ2v) is 7.98. The summed E-state index contributed by atoms with van der Waals surface area (Å²) in [4.78, 5) is 4.38. The number of halogens is 1. The van der Waals surface area contributed by atoms with Gasteiger partial charge in [0.1, 0.15) is 0 Å². The summed E-state index contributed by atoms with van der Waals surface area (Å²) in [7, 11) is 0. The lowest BCUT2D eigenvalue weighted by atomic mass is 9.92. The lowest BCUT2D eigenvalue weighted by molar-refractivity contribution is 0.431. The Morgan fingerprint density at radius 3 is 2.38 bits per heavy atom. The summed E-state index contributed by atoms with van der Waals surface area (Å²) in [5.74, 6) is 1.54. The summed E-state index contributed by atoms with van der Waals surface area (Å²) in [5, 5.41) is 7.90. The average Bonchev–Trinajstić information content (AvgIpc) is 3.01. The van der Waals surface area contributed by atoms with Crippen molar-refractivity contribution in [1.29, 1.82) is 0 Å². The molecule has 134 valence electrons. The summed E-state index contributed by atoms with van der Waals surface area (Å²) in [6.07, 6.45) is 0.887. The van der Waals surface area contributed by atoms with Crippen molar-refractivity contribution < 1.29 is 0 Å². The van der Waals surface area contributed by atoms with Crippen LogP contribution in [-0.4, -0.2) is 14.8 Å². The molecule has 3 aromatic rings. The molecule has 2 unspecified atom stereocenters. The molecule has 2 atom stereocenters. The highest BCUT2D eigenvalue weighted by atomic mass is 79.9. The Labute approximate surface area is 161 Å². The number of nitrogens with one attached hydrogen (secondary N) is 1. The quantitative estimate of drug-likeness (QED) is 0.643. The Morgan fingerprint density at radius 1 is 1.08 bits per heavy atom. The summed E-state index contributed by atoms with van der Waals surface area (Å²) >= 11 is 3.50. The van der Waals surface area contributed by atoms with Gasteiger partial charge in [-0.15, -0.1) is 5.10 Å². The van der Waals surface area contributed by atoms with Crippen LogP contribution in [0.4, 0.5) is 11.9 Å². The molecule has 1 aliphatic heterocycles. The SMILES string of the molecule is CC(C)c1ccc(C2CC(c3ccc(Br)cc3)Nc3nc(N)nn32)cc1. The highest BCUT2D eigenvalue weighted by Crippen LogP contribution is 2.38. The predicted molar refractivity (Wildman–Crippen MR) is 108 cm³/mol. The molecule has 26 heavy (non-hydrogen) atoms. The van der Waals surface area contributed by atoms with E-state index in [1.165, 1.54) is 16.7 Å². The van der Waals surface area contributed by atoms with E-state index < -0.39 is 0 Å². The first kappa shape index (κ1) is 17.1. The summed E-state index contributed by atoms with van der Waals surface area (Å²) in [6, 6.07) is 17.5. The molecule has 4 rings (SSSR count). The van der Waals surface area contributed by atoms with Crippen LogP contribution in [0, 0.1) is 0 Å². The zero-order chi connectivity index (χ0) is 18.3. The van der Waals surface area contributed by atoms with E-state index >= 15 is 0 Å². The van der Waals surface area contributed by atoms with Gasteiger partial charge < -0.3 is 11.1 Å². The lowest BCUT2D eigenvalue weighted by Gasteiger charge is -2.31. The minimum Gasteiger partial charge on any atom is -0.366 e. The molecule has 6 heteroatoms. The third kappa shape index (κ3) is 3.21. The van der Waals surface area contributed by atoms with Crippen molar-refractivity contribution in [3.63, 3.8) is 0 Å². The van der Waals surface area contributed by atoms with Crippen LogP contribution in [-0.2, 0) is 0 Å². The standard InChI is InChI=1S/C20H22BrN5/c1-12(2)13-3-5-15(6-4-13)18-11-17(14-7-9-16(21)10-8-14)23-20-24-19(22)25-26(18)20/h3-10,12,17-18H,11H2,1-2H3,(H3,22,23,24,25). The van der Waals surface area contributed by atoms with E-state index in [1.54, 1.807) is 0 Å². The molecule has 0 amide bonds. The zero-order valence-corrected chi connectivity index (χ0v) is 16.4. The Kier molecular flexibility index (Phi) is 4.44. The minimum absolute atomic E-state index is 0.103. The van der Waals surface area contributed by atoms with Crippen molar-refractivity contribution in [2.75, 3.05) is 11.1 Å². The normalized spacial score (nSPS) is 19.2. The van der Waals surface area contributed by atoms with Gasteiger partial charge >= 0.3 is 0 Å². The van der Waals surface area contributed by atoms with E-state index in [9.17, 15) is 0 Å². The molecule has 0 saturated carbocycles. The molecule has 0 spiro atoms. The minimum atomic E-state index is 0.103. The third-order valence-electron chi connectivity index (χ3n) is 4.97. The number of rotatable bonds is 3. The van der Waals surface area contributed by atoms with Crippen LogP contribution < -0.4 is 11.1 Å². The van der Waals surface area contributed by atoms with Crippen LogP contribution in [0.5, 0.6) is 0 Å². The molecular weight excluding hydrogens is 390 g/mol. The number of hydrogen-bond donors (Lipinski definition) is 2. The molecule has 0 radical (unpaired) electrons. The number of aromatic nitrogens is 3. The van der Waals surface area contributed by atoms with Gasteiger partial charge in [-0.1, -0.05) is 66.2 Å². The average molecular weight is 412 g/mol. The smallest absolute Gasteiger partial charge is 0.241 e. The molecule has 1 aliphatic rings. The Balaban J connectivity index is 1.71.